The van der Waals surface area contributed by atoms with Crippen LogP contribution in [0.3, 0.4) is 0 Å². The summed E-state index contributed by atoms with van der Waals surface area (Å²) in [4.78, 5) is 11.9. The number of ketones is 1. The van der Waals surface area contributed by atoms with E-state index >= 15 is 0 Å². The summed E-state index contributed by atoms with van der Waals surface area (Å²) in [5.74, 6) is 1.81. The second kappa shape index (κ2) is 4.78. The van der Waals surface area contributed by atoms with Gasteiger partial charge in [0.2, 0.25) is 0 Å². The fourth-order valence-corrected chi connectivity index (χ4v) is 2.50. The third-order valence-electron chi connectivity index (χ3n) is 3.37. The van der Waals surface area contributed by atoms with Crippen molar-refractivity contribution in [3.05, 3.63) is 0 Å². The molecule has 0 N–H and O–H groups in total. The van der Waals surface area contributed by atoms with E-state index in [1.807, 2.05) is 13.8 Å². The Morgan fingerprint density at radius 3 is 2.46 bits per heavy atom. The Labute approximate surface area is 81.9 Å². The zero-order chi connectivity index (χ0) is 9.84. The number of carbonyl (C=O) groups excluding carboxylic acids is 1. The lowest BCUT2D eigenvalue weighted by Crippen LogP contribution is -2.29. The summed E-state index contributed by atoms with van der Waals surface area (Å²) in [5.41, 5.74) is 0. The highest BCUT2D eigenvalue weighted by Crippen LogP contribution is 2.34. The largest absolute Gasteiger partial charge is 0.299 e. The number of Topliss-reactive ketones (excluding diaryl/α,β-unsaturated/α-hetero) is 1. The minimum atomic E-state index is 0.233. The fourth-order valence-electron chi connectivity index (χ4n) is 2.50. The van der Waals surface area contributed by atoms with Gasteiger partial charge in [-0.05, 0) is 18.8 Å². The van der Waals surface area contributed by atoms with Crippen LogP contribution in [0.25, 0.3) is 0 Å². The zero-order valence-electron chi connectivity index (χ0n) is 9.18. The van der Waals surface area contributed by atoms with Gasteiger partial charge in [-0.15, -0.1) is 0 Å². The molecule has 0 amide bonds. The van der Waals surface area contributed by atoms with E-state index in [-0.39, 0.29) is 5.92 Å². The number of rotatable bonds is 3. The SMILES string of the molecule is CC[C@@H]1CCCCC1C(=O)C(C)C. The van der Waals surface area contributed by atoms with E-state index < -0.39 is 0 Å². The molecule has 76 valence electrons. The highest BCUT2D eigenvalue weighted by molar-refractivity contribution is 5.83. The molecule has 0 heterocycles. The lowest BCUT2D eigenvalue weighted by Gasteiger charge is -2.30. The molecule has 0 aliphatic heterocycles. The molecule has 1 nitrogen and oxygen atoms in total. The van der Waals surface area contributed by atoms with Crippen LogP contribution < -0.4 is 0 Å². The van der Waals surface area contributed by atoms with E-state index in [2.05, 4.69) is 6.92 Å². The summed E-state index contributed by atoms with van der Waals surface area (Å²) >= 11 is 0. The summed E-state index contributed by atoms with van der Waals surface area (Å²) in [6.07, 6.45) is 6.21. The highest BCUT2D eigenvalue weighted by Gasteiger charge is 2.30. The van der Waals surface area contributed by atoms with Gasteiger partial charge in [0, 0.05) is 11.8 Å². The van der Waals surface area contributed by atoms with Crippen molar-refractivity contribution in [3.8, 4) is 0 Å². The molecule has 0 aromatic carbocycles. The molecule has 1 aliphatic rings. The lowest BCUT2D eigenvalue weighted by atomic mass is 9.73. The number of hydrogen-bond acceptors (Lipinski definition) is 1. The van der Waals surface area contributed by atoms with Crippen molar-refractivity contribution in [2.75, 3.05) is 0 Å². The molecule has 0 radical (unpaired) electrons. The molecule has 1 saturated carbocycles. The molecule has 1 rings (SSSR count). The van der Waals surface area contributed by atoms with Crippen LogP contribution in [-0.4, -0.2) is 5.78 Å². The summed E-state index contributed by atoms with van der Waals surface area (Å²) < 4.78 is 0. The first-order chi connectivity index (χ1) is 6.16. The summed E-state index contributed by atoms with van der Waals surface area (Å²) in [5, 5.41) is 0. The average molecular weight is 182 g/mol. The average Bonchev–Trinajstić information content (AvgIpc) is 2.16. The fraction of sp³-hybridized carbons (Fsp3) is 0.917. The topological polar surface area (TPSA) is 17.1 Å². The van der Waals surface area contributed by atoms with Crippen molar-refractivity contribution in [2.24, 2.45) is 17.8 Å². The van der Waals surface area contributed by atoms with Crippen LogP contribution in [0.15, 0.2) is 0 Å². The Balaban J connectivity index is 2.58. The summed E-state index contributed by atoms with van der Waals surface area (Å²) in [6, 6.07) is 0. The Morgan fingerprint density at radius 2 is 1.92 bits per heavy atom. The quantitative estimate of drug-likeness (QED) is 0.653. The van der Waals surface area contributed by atoms with Crippen molar-refractivity contribution >= 4 is 5.78 Å². The highest BCUT2D eigenvalue weighted by atomic mass is 16.1. The minimum Gasteiger partial charge on any atom is -0.299 e. The second-order valence-corrected chi connectivity index (χ2v) is 4.62. The van der Waals surface area contributed by atoms with Crippen LogP contribution in [0, 0.1) is 17.8 Å². The molecule has 0 aromatic rings. The molecule has 1 heteroatoms. The number of carbonyl (C=O) groups is 1. The first kappa shape index (κ1) is 10.7. The van der Waals surface area contributed by atoms with E-state index in [0.717, 1.165) is 6.42 Å². The van der Waals surface area contributed by atoms with Gasteiger partial charge >= 0.3 is 0 Å². The molecule has 1 unspecified atom stereocenters. The maximum Gasteiger partial charge on any atom is 0.138 e. The van der Waals surface area contributed by atoms with Crippen LogP contribution in [-0.2, 0) is 4.79 Å². The molecular weight excluding hydrogens is 160 g/mol. The van der Waals surface area contributed by atoms with E-state index in [1.165, 1.54) is 25.7 Å². The molecule has 2 atom stereocenters. The normalized spacial score (nSPS) is 29.2. The monoisotopic (exact) mass is 182 g/mol. The van der Waals surface area contributed by atoms with Crippen molar-refractivity contribution in [1.82, 2.24) is 0 Å². The van der Waals surface area contributed by atoms with Crippen molar-refractivity contribution < 1.29 is 4.79 Å². The molecule has 13 heavy (non-hydrogen) atoms. The van der Waals surface area contributed by atoms with E-state index in [9.17, 15) is 4.79 Å². The smallest absolute Gasteiger partial charge is 0.138 e. The Bertz CT molecular complexity index is 172. The van der Waals surface area contributed by atoms with Crippen molar-refractivity contribution in [2.45, 2.75) is 52.9 Å². The first-order valence-corrected chi connectivity index (χ1v) is 5.70. The Morgan fingerprint density at radius 1 is 1.31 bits per heavy atom. The Kier molecular flexibility index (Phi) is 3.95. The second-order valence-electron chi connectivity index (χ2n) is 4.62. The van der Waals surface area contributed by atoms with Gasteiger partial charge in [-0.3, -0.25) is 4.79 Å². The maximum absolute atomic E-state index is 11.9. The van der Waals surface area contributed by atoms with E-state index in [4.69, 9.17) is 0 Å². The van der Waals surface area contributed by atoms with E-state index in [1.54, 1.807) is 0 Å². The predicted octanol–water partition coefficient (Wildman–Crippen LogP) is 3.43. The third-order valence-corrected chi connectivity index (χ3v) is 3.37. The van der Waals surface area contributed by atoms with Gasteiger partial charge in [0.05, 0.1) is 0 Å². The number of hydrogen-bond donors (Lipinski definition) is 0. The lowest BCUT2D eigenvalue weighted by molar-refractivity contribution is -0.128. The third kappa shape index (κ3) is 2.55. The van der Waals surface area contributed by atoms with Crippen LogP contribution in [0.5, 0.6) is 0 Å². The van der Waals surface area contributed by atoms with Crippen LogP contribution in [0.4, 0.5) is 0 Å². The molecular formula is C12H22O. The van der Waals surface area contributed by atoms with Crippen LogP contribution >= 0.6 is 0 Å². The molecule has 0 bridgehead atoms. The van der Waals surface area contributed by atoms with E-state index in [0.29, 0.717) is 17.6 Å². The van der Waals surface area contributed by atoms with Crippen molar-refractivity contribution in [1.29, 1.82) is 0 Å². The maximum atomic E-state index is 11.9. The van der Waals surface area contributed by atoms with Gasteiger partial charge < -0.3 is 0 Å². The van der Waals surface area contributed by atoms with Crippen molar-refractivity contribution in [3.63, 3.8) is 0 Å². The van der Waals surface area contributed by atoms with Gasteiger partial charge in [0.15, 0.2) is 0 Å². The van der Waals surface area contributed by atoms with Gasteiger partial charge in [-0.2, -0.15) is 0 Å². The summed E-state index contributed by atoms with van der Waals surface area (Å²) in [6.45, 7) is 6.28. The predicted molar refractivity (Wildman–Crippen MR) is 55.6 cm³/mol. The molecule has 1 fully saturated rings. The van der Waals surface area contributed by atoms with Gasteiger partial charge in [-0.25, -0.2) is 0 Å². The molecule has 0 spiro atoms. The van der Waals surface area contributed by atoms with Gasteiger partial charge in [0.1, 0.15) is 5.78 Å². The van der Waals surface area contributed by atoms with Crippen LogP contribution in [0.2, 0.25) is 0 Å². The molecule has 0 aromatic heterocycles. The van der Waals surface area contributed by atoms with Crippen LogP contribution in [0.1, 0.15) is 52.9 Å². The zero-order valence-corrected chi connectivity index (χ0v) is 9.18. The van der Waals surface area contributed by atoms with Gasteiger partial charge in [-0.1, -0.05) is 40.0 Å². The molecule has 0 saturated heterocycles. The Hall–Kier alpha value is -0.330. The molecule has 1 aliphatic carbocycles. The standard InChI is InChI=1S/C12H22O/c1-4-10-7-5-6-8-11(10)12(13)9(2)3/h9-11H,4-8H2,1-3H3/t10-,11?/m1/s1. The summed E-state index contributed by atoms with van der Waals surface area (Å²) in [7, 11) is 0. The minimum absolute atomic E-state index is 0.233. The first-order valence-electron chi connectivity index (χ1n) is 5.70. The van der Waals surface area contributed by atoms with Gasteiger partial charge in [0.25, 0.3) is 0 Å².